The maximum Gasteiger partial charge on any atom is 0.140 e. The van der Waals surface area contributed by atoms with Crippen molar-refractivity contribution in [1.29, 1.82) is 0 Å². The van der Waals surface area contributed by atoms with Gasteiger partial charge in [-0.15, -0.1) is 0 Å². The zero-order valence-corrected chi connectivity index (χ0v) is 14.5. The zero-order valence-electron chi connectivity index (χ0n) is 14.5. The number of morpholine rings is 1. The molecule has 7 nitrogen and oxygen atoms in total. The number of ether oxygens (including phenoxy) is 1. The van der Waals surface area contributed by atoms with Crippen molar-refractivity contribution in [3.05, 3.63) is 60.8 Å². The Hall–Kier alpha value is -2.77. The van der Waals surface area contributed by atoms with E-state index in [1.807, 2.05) is 42.9 Å². The normalized spacial score (nSPS) is 16.5. The third kappa shape index (κ3) is 3.58. The number of hydrogen-bond donors (Lipinski definition) is 1. The lowest BCUT2D eigenvalue weighted by Crippen LogP contribution is -2.41. The number of rotatable bonds is 5. The first-order chi connectivity index (χ1) is 12.8. The van der Waals surface area contributed by atoms with Crippen LogP contribution >= 0.6 is 0 Å². The van der Waals surface area contributed by atoms with E-state index in [0.717, 1.165) is 49.9 Å². The minimum Gasteiger partial charge on any atom is -0.384 e. The standard InChI is InChI=1S/C19H22N6O/c20-18-13-15(4-6-22-18)19-23-7-8-25(19)14-17(16-3-1-2-5-21-16)24-9-11-26-12-10-24/h1-8,13,17H,9-12,14H2,(H2,20,22). The number of hydrogen-bond acceptors (Lipinski definition) is 6. The summed E-state index contributed by atoms with van der Waals surface area (Å²) in [5, 5.41) is 0. The van der Waals surface area contributed by atoms with Crippen molar-refractivity contribution in [3.63, 3.8) is 0 Å². The summed E-state index contributed by atoms with van der Waals surface area (Å²) >= 11 is 0. The molecule has 134 valence electrons. The van der Waals surface area contributed by atoms with Crippen LogP contribution in [-0.4, -0.2) is 50.7 Å². The second-order valence-corrected chi connectivity index (χ2v) is 6.29. The molecule has 0 radical (unpaired) electrons. The fourth-order valence-corrected chi connectivity index (χ4v) is 3.35. The molecular weight excluding hydrogens is 328 g/mol. The highest BCUT2D eigenvalue weighted by Crippen LogP contribution is 2.25. The SMILES string of the molecule is Nc1cc(-c2nccn2CC(c2ccccn2)N2CCOCC2)ccn1. The Morgan fingerprint density at radius 1 is 1.04 bits per heavy atom. The molecule has 1 fully saturated rings. The molecular formula is C19H22N6O. The van der Waals surface area contributed by atoms with Crippen LogP contribution in [0.5, 0.6) is 0 Å². The minimum atomic E-state index is 0.159. The van der Waals surface area contributed by atoms with E-state index in [0.29, 0.717) is 5.82 Å². The van der Waals surface area contributed by atoms with Crippen LogP contribution in [0.1, 0.15) is 11.7 Å². The number of nitrogen functional groups attached to an aromatic ring is 1. The van der Waals surface area contributed by atoms with Crippen molar-refractivity contribution in [2.45, 2.75) is 12.6 Å². The molecule has 0 aliphatic carbocycles. The molecule has 1 aliphatic heterocycles. The Morgan fingerprint density at radius 2 is 1.92 bits per heavy atom. The predicted octanol–water partition coefficient (Wildman–Crippen LogP) is 2.00. The van der Waals surface area contributed by atoms with Gasteiger partial charge in [0.05, 0.1) is 24.9 Å². The number of nitrogens with zero attached hydrogens (tertiary/aromatic N) is 5. The van der Waals surface area contributed by atoms with E-state index in [9.17, 15) is 0 Å². The van der Waals surface area contributed by atoms with Gasteiger partial charge < -0.3 is 15.0 Å². The number of pyridine rings is 2. The maximum absolute atomic E-state index is 5.84. The van der Waals surface area contributed by atoms with Crippen LogP contribution in [0.3, 0.4) is 0 Å². The molecule has 0 aromatic carbocycles. The molecule has 0 spiro atoms. The van der Waals surface area contributed by atoms with Crippen molar-refractivity contribution in [2.75, 3.05) is 32.0 Å². The Kier molecular flexibility index (Phi) is 4.90. The fourth-order valence-electron chi connectivity index (χ4n) is 3.35. The molecule has 7 heteroatoms. The Balaban J connectivity index is 1.65. The van der Waals surface area contributed by atoms with Gasteiger partial charge in [-0.2, -0.15) is 0 Å². The Labute approximate surface area is 152 Å². The molecule has 1 atom stereocenters. The van der Waals surface area contributed by atoms with Gasteiger partial charge in [0.25, 0.3) is 0 Å². The number of anilines is 1. The topological polar surface area (TPSA) is 82.1 Å². The first-order valence-corrected chi connectivity index (χ1v) is 8.77. The van der Waals surface area contributed by atoms with Gasteiger partial charge in [-0.1, -0.05) is 6.07 Å². The average molecular weight is 350 g/mol. The van der Waals surface area contributed by atoms with Gasteiger partial charge >= 0.3 is 0 Å². The number of aromatic nitrogens is 4. The molecule has 3 aromatic rings. The molecule has 1 saturated heterocycles. The molecule has 4 rings (SSSR count). The Morgan fingerprint density at radius 3 is 2.69 bits per heavy atom. The summed E-state index contributed by atoms with van der Waals surface area (Å²) < 4.78 is 7.68. The third-order valence-electron chi connectivity index (χ3n) is 4.64. The second-order valence-electron chi connectivity index (χ2n) is 6.29. The minimum absolute atomic E-state index is 0.159. The summed E-state index contributed by atoms with van der Waals surface area (Å²) in [7, 11) is 0. The van der Waals surface area contributed by atoms with Crippen molar-refractivity contribution in [3.8, 4) is 11.4 Å². The van der Waals surface area contributed by atoms with E-state index < -0.39 is 0 Å². The number of imidazole rings is 1. The van der Waals surface area contributed by atoms with E-state index >= 15 is 0 Å². The third-order valence-corrected chi connectivity index (χ3v) is 4.64. The van der Waals surface area contributed by atoms with E-state index in [1.54, 1.807) is 6.20 Å². The summed E-state index contributed by atoms with van der Waals surface area (Å²) in [4.78, 5) is 15.6. The quantitative estimate of drug-likeness (QED) is 0.758. The molecule has 1 unspecified atom stereocenters. The van der Waals surface area contributed by atoms with Gasteiger partial charge in [0.2, 0.25) is 0 Å². The van der Waals surface area contributed by atoms with Crippen LogP contribution in [-0.2, 0) is 11.3 Å². The largest absolute Gasteiger partial charge is 0.384 e. The van der Waals surface area contributed by atoms with Crippen molar-refractivity contribution >= 4 is 5.82 Å². The van der Waals surface area contributed by atoms with E-state index in [4.69, 9.17) is 10.5 Å². The van der Waals surface area contributed by atoms with Crippen molar-refractivity contribution in [1.82, 2.24) is 24.4 Å². The molecule has 2 N–H and O–H groups in total. The highest BCUT2D eigenvalue weighted by Gasteiger charge is 2.25. The smallest absolute Gasteiger partial charge is 0.140 e. The molecule has 3 aromatic heterocycles. The summed E-state index contributed by atoms with van der Waals surface area (Å²) in [5.74, 6) is 1.37. The lowest BCUT2D eigenvalue weighted by Gasteiger charge is -2.34. The molecule has 0 bridgehead atoms. The fraction of sp³-hybridized carbons (Fsp3) is 0.316. The monoisotopic (exact) mass is 350 g/mol. The van der Waals surface area contributed by atoms with Crippen LogP contribution < -0.4 is 5.73 Å². The number of nitrogens with two attached hydrogens (primary N) is 1. The van der Waals surface area contributed by atoms with Crippen LogP contribution in [0.4, 0.5) is 5.82 Å². The van der Waals surface area contributed by atoms with Crippen LogP contribution in [0.15, 0.2) is 55.1 Å². The average Bonchev–Trinajstić information content (AvgIpc) is 3.16. The highest BCUT2D eigenvalue weighted by molar-refractivity contribution is 5.58. The summed E-state index contributed by atoms with van der Waals surface area (Å²) in [6.45, 7) is 4.05. The zero-order chi connectivity index (χ0) is 17.8. The van der Waals surface area contributed by atoms with Gasteiger partial charge in [-0.25, -0.2) is 9.97 Å². The summed E-state index contributed by atoms with van der Waals surface area (Å²) in [6.07, 6.45) is 7.38. The second kappa shape index (κ2) is 7.63. The lowest BCUT2D eigenvalue weighted by molar-refractivity contribution is 0.0115. The van der Waals surface area contributed by atoms with E-state index in [1.165, 1.54) is 0 Å². The molecule has 4 heterocycles. The van der Waals surface area contributed by atoms with Crippen LogP contribution in [0, 0.1) is 0 Å². The maximum atomic E-state index is 5.84. The van der Waals surface area contributed by atoms with Gasteiger partial charge in [0.1, 0.15) is 11.6 Å². The predicted molar refractivity (Wildman–Crippen MR) is 99.2 cm³/mol. The van der Waals surface area contributed by atoms with Crippen LogP contribution in [0.2, 0.25) is 0 Å². The molecule has 0 amide bonds. The van der Waals surface area contributed by atoms with Gasteiger partial charge in [-0.3, -0.25) is 9.88 Å². The van der Waals surface area contributed by atoms with E-state index in [-0.39, 0.29) is 6.04 Å². The van der Waals surface area contributed by atoms with Crippen molar-refractivity contribution in [2.24, 2.45) is 0 Å². The summed E-state index contributed by atoms with van der Waals surface area (Å²) in [5.41, 5.74) is 7.86. The van der Waals surface area contributed by atoms with Gasteiger partial charge in [0, 0.05) is 50.0 Å². The van der Waals surface area contributed by atoms with Gasteiger partial charge in [0.15, 0.2) is 0 Å². The first-order valence-electron chi connectivity index (χ1n) is 8.77. The summed E-state index contributed by atoms with van der Waals surface area (Å²) in [6, 6.07) is 10.0. The molecule has 26 heavy (non-hydrogen) atoms. The molecule has 0 saturated carbocycles. The van der Waals surface area contributed by atoms with E-state index in [2.05, 4.69) is 30.5 Å². The van der Waals surface area contributed by atoms with Gasteiger partial charge in [-0.05, 0) is 24.3 Å². The Bertz CT molecular complexity index is 844. The van der Waals surface area contributed by atoms with Crippen molar-refractivity contribution < 1.29 is 4.74 Å². The highest BCUT2D eigenvalue weighted by atomic mass is 16.5. The molecule has 1 aliphatic rings. The van der Waals surface area contributed by atoms with Crippen LogP contribution in [0.25, 0.3) is 11.4 Å². The lowest BCUT2D eigenvalue weighted by atomic mass is 10.1. The first kappa shape index (κ1) is 16.7.